The van der Waals surface area contributed by atoms with Gasteiger partial charge in [-0.15, -0.1) is 0 Å². The maximum Gasteiger partial charge on any atom is 0.247 e. The van der Waals surface area contributed by atoms with Crippen LogP contribution in [0.3, 0.4) is 0 Å². The van der Waals surface area contributed by atoms with E-state index in [0.717, 1.165) is 11.4 Å². The van der Waals surface area contributed by atoms with E-state index < -0.39 is 6.10 Å². The molecule has 2 aliphatic heterocycles. The summed E-state index contributed by atoms with van der Waals surface area (Å²) in [6.07, 6.45) is 0.132. The minimum Gasteiger partial charge on any atom is -0.391 e. The predicted octanol–water partition coefficient (Wildman–Crippen LogP) is 0.578. The van der Waals surface area contributed by atoms with E-state index in [2.05, 4.69) is 5.32 Å². The molecule has 15 heavy (non-hydrogen) atoms. The molecule has 2 atom stereocenters. The van der Waals surface area contributed by atoms with Crippen LogP contribution in [0.2, 0.25) is 0 Å². The van der Waals surface area contributed by atoms with Crippen LogP contribution in [0.4, 0.5) is 11.4 Å². The summed E-state index contributed by atoms with van der Waals surface area (Å²) in [5.41, 5.74) is 1.85. The van der Waals surface area contributed by atoms with Gasteiger partial charge in [-0.25, -0.2) is 0 Å². The Morgan fingerprint density at radius 3 is 3.07 bits per heavy atom. The molecule has 4 heteroatoms. The lowest BCUT2D eigenvalue weighted by atomic mass is 10.1. The van der Waals surface area contributed by atoms with Gasteiger partial charge in [0.05, 0.1) is 17.5 Å². The number of fused-ring (bicyclic) bond motifs is 3. The van der Waals surface area contributed by atoms with Gasteiger partial charge < -0.3 is 15.3 Å². The van der Waals surface area contributed by atoms with Gasteiger partial charge in [0.1, 0.15) is 6.04 Å². The van der Waals surface area contributed by atoms with Crippen LogP contribution in [-0.2, 0) is 4.79 Å². The van der Waals surface area contributed by atoms with E-state index in [-0.39, 0.29) is 11.9 Å². The summed E-state index contributed by atoms with van der Waals surface area (Å²) in [5, 5.41) is 12.4. The lowest BCUT2D eigenvalue weighted by molar-refractivity contribution is -0.117. The van der Waals surface area contributed by atoms with Crippen LogP contribution in [0.15, 0.2) is 24.3 Å². The average Bonchev–Trinajstić information content (AvgIpc) is 2.61. The molecular formula is C11H12N2O2. The van der Waals surface area contributed by atoms with Gasteiger partial charge in [-0.05, 0) is 12.1 Å². The molecule has 0 radical (unpaired) electrons. The second-order valence-corrected chi connectivity index (χ2v) is 4.06. The monoisotopic (exact) mass is 204 g/mol. The summed E-state index contributed by atoms with van der Waals surface area (Å²) in [6.45, 7) is 0.551. The first kappa shape index (κ1) is 8.73. The molecule has 0 aromatic heterocycles. The Hall–Kier alpha value is -1.55. The van der Waals surface area contributed by atoms with Gasteiger partial charge in [0.2, 0.25) is 5.91 Å². The molecule has 1 saturated heterocycles. The number of aliphatic hydroxyl groups excluding tert-OH is 1. The second-order valence-electron chi connectivity index (χ2n) is 4.06. The van der Waals surface area contributed by atoms with E-state index in [0.29, 0.717) is 13.0 Å². The number of para-hydroxylation sites is 2. The highest BCUT2D eigenvalue weighted by Gasteiger charge is 2.39. The third-order valence-electron chi connectivity index (χ3n) is 3.05. The van der Waals surface area contributed by atoms with Crippen LogP contribution >= 0.6 is 0 Å². The number of carbonyl (C=O) groups is 1. The summed E-state index contributed by atoms with van der Waals surface area (Å²) in [7, 11) is 0. The Morgan fingerprint density at radius 1 is 1.40 bits per heavy atom. The zero-order valence-corrected chi connectivity index (χ0v) is 8.18. The quantitative estimate of drug-likeness (QED) is 0.650. The molecule has 1 aromatic rings. The number of anilines is 2. The summed E-state index contributed by atoms with van der Waals surface area (Å²) in [5.74, 6) is -0.00903. The summed E-state index contributed by atoms with van der Waals surface area (Å²) in [6, 6.07) is 7.49. The fraction of sp³-hybridized carbons (Fsp3) is 0.364. The summed E-state index contributed by atoms with van der Waals surface area (Å²) >= 11 is 0. The fourth-order valence-corrected chi connectivity index (χ4v) is 2.37. The van der Waals surface area contributed by atoms with Gasteiger partial charge in [-0.3, -0.25) is 4.79 Å². The molecule has 0 aliphatic carbocycles. The minimum absolute atomic E-state index is 0.00903. The number of rotatable bonds is 0. The number of aliphatic hydroxyl groups is 1. The van der Waals surface area contributed by atoms with Crippen molar-refractivity contribution in [2.24, 2.45) is 0 Å². The fourth-order valence-electron chi connectivity index (χ4n) is 2.37. The van der Waals surface area contributed by atoms with Crippen LogP contribution in [-0.4, -0.2) is 29.7 Å². The largest absolute Gasteiger partial charge is 0.391 e. The van der Waals surface area contributed by atoms with E-state index in [9.17, 15) is 9.90 Å². The highest BCUT2D eigenvalue weighted by molar-refractivity contribution is 6.04. The molecule has 1 fully saturated rings. The van der Waals surface area contributed by atoms with Crippen LogP contribution in [0.25, 0.3) is 0 Å². The molecule has 0 bridgehead atoms. The smallest absolute Gasteiger partial charge is 0.247 e. The van der Waals surface area contributed by atoms with Crippen molar-refractivity contribution in [2.75, 3.05) is 16.8 Å². The van der Waals surface area contributed by atoms with E-state index in [4.69, 9.17) is 0 Å². The van der Waals surface area contributed by atoms with Crippen LogP contribution in [0.5, 0.6) is 0 Å². The SMILES string of the molecule is O=C1Nc2ccccc2N2C[C@H](O)C[C@@H]12. The number of carbonyl (C=O) groups excluding carboxylic acids is 1. The standard InChI is InChI=1S/C11H12N2O2/c14-7-5-10-11(15)12-8-3-1-2-4-9(8)13(10)6-7/h1-4,7,10,14H,5-6H2,(H,12,15)/t7-,10+/m1/s1. The zero-order valence-electron chi connectivity index (χ0n) is 8.18. The molecule has 0 saturated carbocycles. The molecule has 2 aliphatic rings. The number of amides is 1. The Morgan fingerprint density at radius 2 is 2.20 bits per heavy atom. The lowest BCUT2D eigenvalue weighted by Gasteiger charge is -2.32. The van der Waals surface area contributed by atoms with Crippen molar-refractivity contribution in [1.29, 1.82) is 0 Å². The number of nitrogens with one attached hydrogen (secondary N) is 1. The van der Waals surface area contributed by atoms with Crippen molar-refractivity contribution in [2.45, 2.75) is 18.6 Å². The van der Waals surface area contributed by atoms with E-state index >= 15 is 0 Å². The molecular weight excluding hydrogens is 192 g/mol. The first-order valence-electron chi connectivity index (χ1n) is 5.10. The van der Waals surface area contributed by atoms with Crippen molar-refractivity contribution < 1.29 is 9.90 Å². The highest BCUT2D eigenvalue weighted by Crippen LogP contribution is 2.36. The summed E-state index contributed by atoms with van der Waals surface area (Å²) in [4.78, 5) is 13.7. The molecule has 2 N–H and O–H groups in total. The molecule has 3 rings (SSSR count). The summed E-state index contributed by atoms with van der Waals surface area (Å²) < 4.78 is 0. The van der Waals surface area contributed by atoms with Crippen molar-refractivity contribution in [3.8, 4) is 0 Å². The highest BCUT2D eigenvalue weighted by atomic mass is 16.3. The maximum atomic E-state index is 11.7. The van der Waals surface area contributed by atoms with Gasteiger partial charge in [-0.2, -0.15) is 0 Å². The van der Waals surface area contributed by atoms with Gasteiger partial charge in [0.15, 0.2) is 0 Å². The average molecular weight is 204 g/mol. The molecule has 0 unspecified atom stereocenters. The molecule has 1 aromatic carbocycles. The lowest BCUT2D eigenvalue weighted by Crippen LogP contribution is -2.43. The van der Waals surface area contributed by atoms with Crippen LogP contribution in [0, 0.1) is 0 Å². The van der Waals surface area contributed by atoms with E-state index in [1.165, 1.54) is 0 Å². The minimum atomic E-state index is -0.396. The Kier molecular flexibility index (Phi) is 1.73. The second kappa shape index (κ2) is 2.97. The van der Waals surface area contributed by atoms with Crippen molar-refractivity contribution in [1.82, 2.24) is 0 Å². The third kappa shape index (κ3) is 1.22. The van der Waals surface area contributed by atoms with Crippen LogP contribution in [0.1, 0.15) is 6.42 Å². The van der Waals surface area contributed by atoms with Crippen molar-refractivity contribution >= 4 is 17.3 Å². The molecule has 0 spiro atoms. The Labute approximate surface area is 87.5 Å². The number of hydrogen-bond donors (Lipinski definition) is 2. The van der Waals surface area contributed by atoms with Gasteiger partial charge in [-0.1, -0.05) is 12.1 Å². The van der Waals surface area contributed by atoms with Gasteiger partial charge in [0.25, 0.3) is 0 Å². The topological polar surface area (TPSA) is 52.6 Å². The number of nitrogens with zero attached hydrogens (tertiary/aromatic N) is 1. The van der Waals surface area contributed by atoms with Crippen molar-refractivity contribution in [3.63, 3.8) is 0 Å². The first-order valence-corrected chi connectivity index (χ1v) is 5.10. The van der Waals surface area contributed by atoms with E-state index in [1.807, 2.05) is 29.2 Å². The van der Waals surface area contributed by atoms with Crippen molar-refractivity contribution in [3.05, 3.63) is 24.3 Å². The number of benzene rings is 1. The van der Waals surface area contributed by atoms with Crippen LogP contribution < -0.4 is 10.2 Å². The first-order chi connectivity index (χ1) is 7.25. The molecule has 4 nitrogen and oxygen atoms in total. The van der Waals surface area contributed by atoms with Gasteiger partial charge in [0, 0.05) is 13.0 Å². The Bertz CT molecular complexity index is 419. The predicted molar refractivity (Wildman–Crippen MR) is 56.8 cm³/mol. The maximum absolute atomic E-state index is 11.7. The van der Waals surface area contributed by atoms with E-state index in [1.54, 1.807) is 0 Å². The Balaban J connectivity index is 2.08. The number of hydrogen-bond acceptors (Lipinski definition) is 3. The molecule has 2 heterocycles. The normalized spacial score (nSPS) is 28.3. The third-order valence-corrected chi connectivity index (χ3v) is 3.05. The molecule has 78 valence electrons. The van der Waals surface area contributed by atoms with Gasteiger partial charge >= 0.3 is 0 Å². The zero-order chi connectivity index (χ0) is 10.4. The molecule has 1 amide bonds.